The standard InChI is InChI=1S/C24H33NO5S2/c1-4-5-6-7-8-10-17(2)30-19-13-12-18(15-20(19)29-3)16-21-23(28)25(24(31)32-21)14-9-11-22(26)27/h12-13,15-17H,4-11,14H2,1-3H3,(H,26,27)/b21-16-. The van der Waals surface area contributed by atoms with Crippen LogP contribution >= 0.6 is 24.0 Å². The molecule has 176 valence electrons. The number of hydrogen-bond acceptors (Lipinski definition) is 6. The first-order valence-corrected chi connectivity index (χ1v) is 12.4. The Morgan fingerprint density at radius 3 is 2.66 bits per heavy atom. The van der Waals surface area contributed by atoms with Crippen molar-refractivity contribution in [1.82, 2.24) is 4.90 Å². The number of ether oxygens (including phenoxy) is 2. The zero-order valence-corrected chi connectivity index (χ0v) is 20.7. The fourth-order valence-electron chi connectivity index (χ4n) is 3.41. The lowest BCUT2D eigenvalue weighted by atomic mass is 10.1. The Hall–Kier alpha value is -2.06. The third kappa shape index (κ3) is 8.13. The summed E-state index contributed by atoms with van der Waals surface area (Å²) < 4.78 is 12.1. The van der Waals surface area contributed by atoms with E-state index < -0.39 is 5.97 Å². The highest BCUT2D eigenvalue weighted by atomic mass is 32.2. The van der Waals surface area contributed by atoms with Crippen molar-refractivity contribution in [3.63, 3.8) is 0 Å². The molecule has 1 atom stereocenters. The molecule has 32 heavy (non-hydrogen) atoms. The van der Waals surface area contributed by atoms with Crippen molar-refractivity contribution >= 4 is 46.3 Å². The molecule has 6 nitrogen and oxygen atoms in total. The molecule has 1 fully saturated rings. The highest BCUT2D eigenvalue weighted by molar-refractivity contribution is 8.26. The van der Waals surface area contributed by atoms with E-state index in [4.69, 9.17) is 26.8 Å². The van der Waals surface area contributed by atoms with Gasteiger partial charge < -0.3 is 14.6 Å². The first-order chi connectivity index (χ1) is 15.3. The molecule has 1 aliphatic heterocycles. The number of carbonyl (C=O) groups is 2. The molecule has 0 bridgehead atoms. The number of amides is 1. The predicted octanol–water partition coefficient (Wildman–Crippen LogP) is 5.89. The van der Waals surface area contributed by atoms with Crippen molar-refractivity contribution in [3.05, 3.63) is 28.7 Å². The van der Waals surface area contributed by atoms with Gasteiger partial charge in [-0.05, 0) is 50.0 Å². The number of thiocarbonyl (C=S) groups is 1. The molecule has 1 aliphatic rings. The van der Waals surface area contributed by atoms with Crippen molar-refractivity contribution in [2.45, 2.75) is 71.3 Å². The Morgan fingerprint density at radius 2 is 1.97 bits per heavy atom. The van der Waals surface area contributed by atoms with Crippen LogP contribution in [0.2, 0.25) is 0 Å². The van der Waals surface area contributed by atoms with Gasteiger partial charge in [-0.3, -0.25) is 14.5 Å². The van der Waals surface area contributed by atoms with Crippen LogP contribution in [-0.2, 0) is 9.59 Å². The molecule has 1 unspecified atom stereocenters. The number of methoxy groups -OCH3 is 1. The Morgan fingerprint density at radius 1 is 1.22 bits per heavy atom. The Balaban J connectivity index is 1.99. The number of nitrogens with zero attached hydrogens (tertiary/aromatic N) is 1. The van der Waals surface area contributed by atoms with E-state index in [0.29, 0.717) is 33.7 Å². The molecule has 2 rings (SSSR count). The van der Waals surface area contributed by atoms with E-state index >= 15 is 0 Å². The largest absolute Gasteiger partial charge is 0.493 e. The van der Waals surface area contributed by atoms with Gasteiger partial charge in [0.1, 0.15) is 4.32 Å². The number of carbonyl (C=O) groups excluding carboxylic acids is 1. The lowest BCUT2D eigenvalue weighted by Crippen LogP contribution is -2.29. The smallest absolute Gasteiger partial charge is 0.303 e. The van der Waals surface area contributed by atoms with Gasteiger partial charge in [0, 0.05) is 13.0 Å². The summed E-state index contributed by atoms with van der Waals surface area (Å²) in [6, 6.07) is 5.61. The van der Waals surface area contributed by atoms with Crippen LogP contribution in [-0.4, -0.2) is 46.0 Å². The van der Waals surface area contributed by atoms with E-state index in [1.807, 2.05) is 18.2 Å². The minimum absolute atomic E-state index is 0.00588. The van der Waals surface area contributed by atoms with Crippen LogP contribution in [0.25, 0.3) is 6.08 Å². The van der Waals surface area contributed by atoms with Crippen molar-refractivity contribution in [3.8, 4) is 11.5 Å². The van der Waals surface area contributed by atoms with Crippen molar-refractivity contribution in [1.29, 1.82) is 0 Å². The number of aliphatic carboxylic acids is 1. The molecule has 1 heterocycles. The third-order valence-electron chi connectivity index (χ3n) is 5.17. The topological polar surface area (TPSA) is 76.1 Å². The Kier molecular flexibility index (Phi) is 11.0. The third-order valence-corrected chi connectivity index (χ3v) is 6.55. The second-order valence-corrected chi connectivity index (χ2v) is 9.55. The highest BCUT2D eigenvalue weighted by Gasteiger charge is 2.31. The van der Waals surface area contributed by atoms with Crippen LogP contribution in [0.1, 0.15) is 70.8 Å². The summed E-state index contributed by atoms with van der Waals surface area (Å²) in [5.74, 6) is 0.230. The maximum absolute atomic E-state index is 12.7. The van der Waals surface area contributed by atoms with Gasteiger partial charge in [0.15, 0.2) is 11.5 Å². The molecule has 0 radical (unpaired) electrons. The van der Waals surface area contributed by atoms with Gasteiger partial charge in [-0.2, -0.15) is 0 Å². The molecule has 1 aromatic rings. The summed E-state index contributed by atoms with van der Waals surface area (Å²) in [6.07, 6.45) is 9.42. The molecule has 0 spiro atoms. The monoisotopic (exact) mass is 479 g/mol. The minimum Gasteiger partial charge on any atom is -0.493 e. The zero-order valence-electron chi connectivity index (χ0n) is 19.1. The Labute approximate surface area is 200 Å². The fraction of sp³-hybridized carbons (Fsp3) is 0.542. The summed E-state index contributed by atoms with van der Waals surface area (Å²) >= 11 is 6.53. The van der Waals surface area contributed by atoms with Crippen LogP contribution in [0, 0.1) is 0 Å². The van der Waals surface area contributed by atoms with Crippen LogP contribution in [0.5, 0.6) is 11.5 Å². The van der Waals surface area contributed by atoms with Crippen molar-refractivity contribution in [2.75, 3.05) is 13.7 Å². The van der Waals surface area contributed by atoms with Gasteiger partial charge in [-0.1, -0.05) is 62.7 Å². The van der Waals surface area contributed by atoms with Crippen LogP contribution in [0.3, 0.4) is 0 Å². The van der Waals surface area contributed by atoms with E-state index in [1.54, 1.807) is 13.2 Å². The number of thioether (sulfide) groups is 1. The molecule has 0 aliphatic carbocycles. The predicted molar refractivity (Wildman–Crippen MR) is 133 cm³/mol. The molecule has 8 heteroatoms. The van der Waals surface area contributed by atoms with E-state index in [9.17, 15) is 9.59 Å². The van der Waals surface area contributed by atoms with Crippen molar-refractivity contribution < 1.29 is 24.2 Å². The van der Waals surface area contributed by atoms with E-state index in [1.165, 1.54) is 42.3 Å². The van der Waals surface area contributed by atoms with Crippen LogP contribution in [0.4, 0.5) is 0 Å². The number of carboxylic acids is 1. The maximum Gasteiger partial charge on any atom is 0.303 e. The quantitative estimate of drug-likeness (QED) is 0.203. The van der Waals surface area contributed by atoms with Crippen molar-refractivity contribution in [2.24, 2.45) is 0 Å². The van der Waals surface area contributed by atoms with Gasteiger partial charge in [-0.15, -0.1) is 0 Å². The summed E-state index contributed by atoms with van der Waals surface area (Å²) in [4.78, 5) is 25.4. The van der Waals surface area contributed by atoms with Crippen LogP contribution in [0.15, 0.2) is 23.1 Å². The number of hydrogen-bond donors (Lipinski definition) is 1. The molecule has 0 aromatic heterocycles. The molecule has 1 aromatic carbocycles. The first-order valence-electron chi connectivity index (χ1n) is 11.2. The zero-order chi connectivity index (χ0) is 23.5. The summed E-state index contributed by atoms with van der Waals surface area (Å²) in [7, 11) is 1.60. The van der Waals surface area contributed by atoms with Gasteiger partial charge in [0.05, 0.1) is 18.1 Å². The lowest BCUT2D eigenvalue weighted by molar-refractivity contribution is -0.137. The molecule has 0 saturated carbocycles. The van der Waals surface area contributed by atoms with Gasteiger partial charge in [0.2, 0.25) is 0 Å². The van der Waals surface area contributed by atoms with Gasteiger partial charge in [0.25, 0.3) is 5.91 Å². The van der Waals surface area contributed by atoms with E-state index in [2.05, 4.69) is 13.8 Å². The summed E-state index contributed by atoms with van der Waals surface area (Å²) in [5.41, 5.74) is 0.812. The maximum atomic E-state index is 12.7. The Bertz CT molecular complexity index is 840. The summed E-state index contributed by atoms with van der Waals surface area (Å²) in [5, 5.41) is 8.79. The average molecular weight is 480 g/mol. The minimum atomic E-state index is -0.883. The highest BCUT2D eigenvalue weighted by Crippen LogP contribution is 2.35. The SMILES string of the molecule is CCCCCCCC(C)Oc1ccc(/C=C2\SC(=S)N(CCCC(=O)O)C2=O)cc1OC. The summed E-state index contributed by atoms with van der Waals surface area (Å²) in [6.45, 7) is 4.59. The second-order valence-electron chi connectivity index (χ2n) is 7.87. The van der Waals surface area contributed by atoms with Crippen LogP contribution < -0.4 is 9.47 Å². The molecular weight excluding hydrogens is 446 g/mol. The number of carboxylic acid groups (broad SMARTS) is 1. The van der Waals surface area contributed by atoms with E-state index in [-0.39, 0.29) is 18.4 Å². The fourth-order valence-corrected chi connectivity index (χ4v) is 4.72. The van der Waals surface area contributed by atoms with Gasteiger partial charge >= 0.3 is 5.97 Å². The second kappa shape index (κ2) is 13.5. The van der Waals surface area contributed by atoms with E-state index in [0.717, 1.165) is 18.4 Å². The van der Waals surface area contributed by atoms with Gasteiger partial charge in [-0.25, -0.2) is 0 Å². The molecule has 1 N–H and O–H groups in total. The average Bonchev–Trinajstić information content (AvgIpc) is 3.01. The molecule has 1 amide bonds. The number of benzene rings is 1. The normalized spacial score (nSPS) is 16.0. The number of unbranched alkanes of at least 4 members (excludes halogenated alkanes) is 4. The number of rotatable bonds is 14. The molecule has 1 saturated heterocycles. The lowest BCUT2D eigenvalue weighted by Gasteiger charge is -2.17. The first kappa shape index (κ1) is 26.2. The molecular formula is C24H33NO5S2.